The molecule has 5 rings (SSSR count). The zero-order chi connectivity index (χ0) is 24.7. The van der Waals surface area contributed by atoms with E-state index < -0.39 is 29.9 Å². The highest BCUT2D eigenvalue weighted by atomic mass is 32.2. The number of hydrogen-bond acceptors (Lipinski definition) is 9. The Morgan fingerprint density at radius 3 is 2.89 bits per heavy atom. The summed E-state index contributed by atoms with van der Waals surface area (Å²) in [5.74, 6) is -0.278. The maximum Gasteiger partial charge on any atom is 0.446 e. The van der Waals surface area contributed by atoms with Crippen molar-refractivity contribution in [3.63, 3.8) is 0 Å². The summed E-state index contributed by atoms with van der Waals surface area (Å²) in [5.41, 5.74) is -4.04. The average molecular weight is 533 g/mol. The fourth-order valence-corrected chi connectivity index (χ4v) is 6.23. The summed E-state index contributed by atoms with van der Waals surface area (Å²) in [6, 6.07) is 3.78. The Labute approximate surface area is 204 Å². The number of halogens is 4. The molecule has 3 aromatic rings. The van der Waals surface area contributed by atoms with E-state index in [1.807, 2.05) is 0 Å². The number of rotatable bonds is 6. The average Bonchev–Trinajstić information content (AvgIpc) is 3.52. The second-order valence-electron chi connectivity index (χ2n) is 8.10. The minimum atomic E-state index is -4.56. The van der Waals surface area contributed by atoms with Gasteiger partial charge in [0.25, 0.3) is 0 Å². The lowest BCUT2D eigenvalue weighted by atomic mass is 10.1. The molecule has 8 nitrogen and oxygen atoms in total. The fourth-order valence-electron chi connectivity index (χ4n) is 4.12. The van der Waals surface area contributed by atoms with E-state index in [0.29, 0.717) is 28.8 Å². The van der Waals surface area contributed by atoms with Crippen LogP contribution in [0.25, 0.3) is 20.8 Å². The van der Waals surface area contributed by atoms with Crippen LogP contribution in [0.4, 0.5) is 23.2 Å². The summed E-state index contributed by atoms with van der Waals surface area (Å²) in [6.45, 7) is 0.359. The van der Waals surface area contributed by atoms with Crippen molar-refractivity contribution < 1.29 is 36.4 Å². The first-order valence-electron chi connectivity index (χ1n) is 10.7. The van der Waals surface area contributed by atoms with Gasteiger partial charge in [0.2, 0.25) is 17.6 Å². The van der Waals surface area contributed by atoms with Crippen LogP contribution in [-0.4, -0.2) is 60.2 Å². The highest BCUT2D eigenvalue weighted by molar-refractivity contribution is 8.00. The van der Waals surface area contributed by atoms with Crippen LogP contribution in [0.3, 0.4) is 0 Å². The largest absolute Gasteiger partial charge is 0.446 e. The second-order valence-corrected chi connectivity index (χ2v) is 10.2. The maximum absolute atomic E-state index is 14.3. The lowest BCUT2D eigenvalue weighted by Crippen LogP contribution is -2.39. The van der Waals surface area contributed by atoms with Gasteiger partial charge in [0.05, 0.1) is 27.9 Å². The lowest BCUT2D eigenvalue weighted by molar-refractivity contribution is -0.127. The van der Waals surface area contributed by atoms with Crippen molar-refractivity contribution in [2.45, 2.75) is 47.6 Å². The summed E-state index contributed by atoms with van der Waals surface area (Å²) in [4.78, 5) is 16.3. The van der Waals surface area contributed by atoms with Crippen molar-refractivity contribution in [3.05, 3.63) is 24.1 Å². The number of carbonyl (C=O) groups is 1. The van der Waals surface area contributed by atoms with Crippen molar-refractivity contribution in [2.24, 2.45) is 0 Å². The predicted molar refractivity (Wildman–Crippen MR) is 121 cm³/mol. The van der Waals surface area contributed by atoms with Crippen LogP contribution in [0.2, 0.25) is 0 Å². The fraction of sp³-hybridized carbons (Fsp3) is 0.476. The highest BCUT2D eigenvalue weighted by Crippen LogP contribution is 2.50. The number of thiophene rings is 1. The van der Waals surface area contributed by atoms with Crippen LogP contribution in [0.5, 0.6) is 0 Å². The van der Waals surface area contributed by atoms with Crippen LogP contribution in [-0.2, 0) is 14.3 Å². The van der Waals surface area contributed by atoms with Crippen LogP contribution in [0, 0.1) is 0 Å². The van der Waals surface area contributed by atoms with Crippen molar-refractivity contribution in [1.82, 2.24) is 15.5 Å². The topological polar surface area (TPSA) is 98.5 Å². The number of alkyl halides is 4. The molecule has 2 aromatic heterocycles. The Bertz CT molecular complexity index is 1230. The molecule has 0 radical (unpaired) electrons. The van der Waals surface area contributed by atoms with Crippen LogP contribution in [0.1, 0.15) is 24.8 Å². The Morgan fingerprint density at radius 1 is 1.34 bits per heavy atom. The molecule has 0 bridgehead atoms. The molecule has 2 saturated heterocycles. The van der Waals surface area contributed by atoms with Gasteiger partial charge in [-0.05, 0) is 24.2 Å². The first-order valence-corrected chi connectivity index (χ1v) is 12.3. The molecule has 2 N–H and O–H groups in total. The normalized spacial score (nSPS) is 25.2. The molecule has 2 aliphatic heterocycles. The van der Waals surface area contributed by atoms with Gasteiger partial charge in [-0.3, -0.25) is 4.79 Å². The number of fused-ring (bicyclic) bond motifs is 1. The van der Waals surface area contributed by atoms with Gasteiger partial charge in [-0.15, -0.1) is 11.3 Å². The van der Waals surface area contributed by atoms with Gasteiger partial charge in [0.1, 0.15) is 18.3 Å². The standard InChI is InChI=1S/C21H20F4N4O4S2/c1-31-14-7-13(27-19(14)30)20-28-18(29-33-20)17-16(35-21(23,24)25)9-3-2-4-12(15(9)34-17)26-11-5-6-32-8-10(11)22/h2-4,10-11,13-14,26H,5-8H2,1H3,(H,27,30)/t10-,11+,13+,14-/m0/s1. The van der Waals surface area contributed by atoms with E-state index in [4.69, 9.17) is 14.0 Å². The number of nitrogens with zero attached hydrogens (tertiary/aromatic N) is 2. The van der Waals surface area contributed by atoms with Crippen molar-refractivity contribution in [3.8, 4) is 10.7 Å². The molecule has 2 aliphatic rings. The van der Waals surface area contributed by atoms with Gasteiger partial charge in [-0.2, -0.15) is 18.2 Å². The molecule has 14 heteroatoms. The number of aromatic nitrogens is 2. The molecular weight excluding hydrogens is 512 g/mol. The van der Waals surface area contributed by atoms with E-state index in [2.05, 4.69) is 20.8 Å². The molecule has 0 unspecified atom stereocenters. The van der Waals surface area contributed by atoms with E-state index in [1.165, 1.54) is 7.11 Å². The SMILES string of the molecule is CO[C@H]1C[C@H](c2nc(-c3sc4c(N[C@@H]5CCOC[C@@H]5F)cccc4c3SC(F)(F)F)no2)NC1=O. The van der Waals surface area contributed by atoms with Crippen molar-refractivity contribution >= 4 is 44.8 Å². The molecule has 188 valence electrons. The number of thioether (sulfide) groups is 1. The maximum atomic E-state index is 14.3. The summed E-state index contributed by atoms with van der Waals surface area (Å²) in [5, 5.41) is 10.1. The number of anilines is 1. The smallest absolute Gasteiger partial charge is 0.378 e. The summed E-state index contributed by atoms with van der Waals surface area (Å²) >= 11 is 0.798. The van der Waals surface area contributed by atoms with Gasteiger partial charge in [-0.1, -0.05) is 17.3 Å². The first kappa shape index (κ1) is 24.3. The van der Waals surface area contributed by atoms with E-state index in [0.717, 1.165) is 11.3 Å². The zero-order valence-electron chi connectivity index (χ0n) is 18.2. The molecule has 4 heterocycles. The molecule has 0 aliphatic carbocycles. The van der Waals surface area contributed by atoms with Crippen LogP contribution in [0.15, 0.2) is 27.6 Å². The third-order valence-electron chi connectivity index (χ3n) is 5.80. The highest BCUT2D eigenvalue weighted by Gasteiger charge is 2.38. The van der Waals surface area contributed by atoms with E-state index >= 15 is 0 Å². The number of amides is 1. The minimum absolute atomic E-state index is 0.0246. The number of benzene rings is 1. The number of ether oxygens (including phenoxy) is 2. The molecular formula is C21H20F4N4O4S2. The molecule has 0 spiro atoms. The summed E-state index contributed by atoms with van der Waals surface area (Å²) < 4.78 is 70.9. The zero-order valence-corrected chi connectivity index (χ0v) is 19.9. The van der Waals surface area contributed by atoms with Gasteiger partial charge in [0.15, 0.2) is 0 Å². The third kappa shape index (κ3) is 4.97. The number of carbonyl (C=O) groups excluding carboxylic acids is 1. The minimum Gasteiger partial charge on any atom is -0.378 e. The van der Waals surface area contributed by atoms with Gasteiger partial charge in [0, 0.05) is 30.4 Å². The van der Waals surface area contributed by atoms with Gasteiger partial charge < -0.3 is 24.6 Å². The molecule has 2 fully saturated rings. The molecule has 4 atom stereocenters. The lowest BCUT2D eigenvalue weighted by Gasteiger charge is -2.27. The van der Waals surface area contributed by atoms with Gasteiger partial charge >= 0.3 is 5.51 Å². The number of methoxy groups -OCH3 is 1. The van der Waals surface area contributed by atoms with Crippen molar-refractivity contribution in [1.29, 1.82) is 0 Å². The summed E-state index contributed by atoms with van der Waals surface area (Å²) in [6.07, 6.45) is -1.21. The Hall–Kier alpha value is -2.42. The number of nitrogens with one attached hydrogen (secondary N) is 2. The number of hydrogen-bond donors (Lipinski definition) is 2. The van der Waals surface area contributed by atoms with Gasteiger partial charge in [-0.25, -0.2) is 4.39 Å². The monoisotopic (exact) mass is 532 g/mol. The first-order chi connectivity index (χ1) is 16.7. The molecule has 1 amide bonds. The van der Waals surface area contributed by atoms with E-state index in [-0.39, 0.29) is 52.2 Å². The van der Waals surface area contributed by atoms with E-state index in [1.54, 1.807) is 18.2 Å². The Kier molecular flexibility index (Phi) is 6.63. The molecule has 0 saturated carbocycles. The Balaban J connectivity index is 1.53. The Morgan fingerprint density at radius 2 is 2.17 bits per heavy atom. The predicted octanol–water partition coefficient (Wildman–Crippen LogP) is 4.68. The molecule has 1 aromatic carbocycles. The third-order valence-corrected chi connectivity index (χ3v) is 8.03. The quantitative estimate of drug-likeness (QED) is 0.349. The van der Waals surface area contributed by atoms with Crippen LogP contribution >= 0.6 is 23.1 Å². The molecule has 35 heavy (non-hydrogen) atoms. The second kappa shape index (κ2) is 9.56. The van der Waals surface area contributed by atoms with Crippen molar-refractivity contribution in [2.75, 3.05) is 25.6 Å². The van der Waals surface area contributed by atoms with Crippen LogP contribution < -0.4 is 10.6 Å². The summed E-state index contributed by atoms with van der Waals surface area (Å²) in [7, 11) is 1.40. The van der Waals surface area contributed by atoms with E-state index in [9.17, 15) is 22.4 Å².